The lowest BCUT2D eigenvalue weighted by Gasteiger charge is -2.34. The largest absolute Gasteiger partial charge is 0.338 e. The van der Waals surface area contributed by atoms with Gasteiger partial charge in [-0.3, -0.25) is 4.79 Å². The predicted octanol–water partition coefficient (Wildman–Crippen LogP) is 3.74. The molecule has 0 bridgehead atoms. The van der Waals surface area contributed by atoms with Crippen LogP contribution in [0, 0.1) is 12.8 Å². The molecule has 4 heteroatoms. The van der Waals surface area contributed by atoms with E-state index in [0.29, 0.717) is 16.5 Å². The Labute approximate surface area is 118 Å². The number of rotatable bonds is 1. The van der Waals surface area contributed by atoms with Crippen LogP contribution in [0.4, 0.5) is 0 Å². The van der Waals surface area contributed by atoms with Gasteiger partial charge in [-0.1, -0.05) is 18.5 Å². The van der Waals surface area contributed by atoms with E-state index in [1.54, 1.807) is 12.1 Å². The fourth-order valence-electron chi connectivity index (χ4n) is 2.26. The van der Waals surface area contributed by atoms with Crippen LogP contribution < -0.4 is 0 Å². The average Bonchev–Trinajstić information content (AvgIpc) is 2.35. The van der Waals surface area contributed by atoms with Crippen LogP contribution in [0.15, 0.2) is 18.2 Å². The van der Waals surface area contributed by atoms with Crippen LogP contribution in [-0.2, 0) is 0 Å². The molecule has 98 valence electrons. The number of amides is 1. The van der Waals surface area contributed by atoms with Crippen molar-refractivity contribution in [2.24, 2.45) is 5.92 Å². The first kappa shape index (κ1) is 13.7. The number of halogens is 2. The molecule has 18 heavy (non-hydrogen) atoms. The van der Waals surface area contributed by atoms with Gasteiger partial charge in [0.1, 0.15) is 0 Å². The lowest BCUT2D eigenvalue weighted by Crippen LogP contribution is -2.43. The van der Waals surface area contributed by atoms with Crippen LogP contribution in [0.25, 0.3) is 0 Å². The molecule has 1 saturated heterocycles. The number of hydrogen-bond acceptors (Lipinski definition) is 1. The van der Waals surface area contributed by atoms with Crippen molar-refractivity contribution in [3.05, 3.63) is 34.3 Å². The van der Waals surface area contributed by atoms with Gasteiger partial charge in [0.05, 0.1) is 0 Å². The topological polar surface area (TPSA) is 20.3 Å². The highest BCUT2D eigenvalue weighted by Crippen LogP contribution is 2.24. The first-order valence-corrected chi connectivity index (χ1v) is 7.00. The average molecular weight is 286 g/mol. The lowest BCUT2D eigenvalue weighted by atomic mass is 9.98. The summed E-state index contributed by atoms with van der Waals surface area (Å²) in [6.45, 7) is 5.46. The Bertz CT molecular complexity index is 461. The summed E-state index contributed by atoms with van der Waals surface area (Å²) in [6, 6.07) is 5.42. The molecule has 2 nitrogen and oxygen atoms in total. The zero-order chi connectivity index (χ0) is 13.3. The molecular weight excluding hydrogens is 269 g/mol. The molecule has 1 amide bonds. The van der Waals surface area contributed by atoms with E-state index in [2.05, 4.69) is 6.92 Å². The minimum absolute atomic E-state index is 0.0742. The van der Waals surface area contributed by atoms with E-state index in [9.17, 15) is 4.79 Å². The van der Waals surface area contributed by atoms with E-state index in [-0.39, 0.29) is 11.3 Å². The SMILES string of the molecule is Cc1cc(C(=O)N2CCC(Cl)C(C)C2)ccc1Cl. The Hall–Kier alpha value is -0.730. The Balaban J connectivity index is 2.14. The molecule has 2 unspecified atom stereocenters. The number of aryl methyl sites for hydroxylation is 1. The van der Waals surface area contributed by atoms with Crippen LogP contribution in [0.3, 0.4) is 0 Å². The second kappa shape index (κ2) is 5.50. The maximum atomic E-state index is 12.4. The van der Waals surface area contributed by atoms with E-state index in [0.717, 1.165) is 25.1 Å². The van der Waals surface area contributed by atoms with E-state index in [4.69, 9.17) is 23.2 Å². The fraction of sp³-hybridized carbons (Fsp3) is 0.500. The third-order valence-electron chi connectivity index (χ3n) is 3.49. The zero-order valence-corrected chi connectivity index (χ0v) is 12.1. The van der Waals surface area contributed by atoms with Crippen LogP contribution in [0.1, 0.15) is 29.3 Å². The summed E-state index contributed by atoms with van der Waals surface area (Å²) in [5.41, 5.74) is 1.64. The van der Waals surface area contributed by atoms with E-state index >= 15 is 0 Å². The minimum atomic E-state index is 0.0742. The summed E-state index contributed by atoms with van der Waals surface area (Å²) in [5.74, 6) is 0.419. The molecule has 2 rings (SSSR count). The lowest BCUT2D eigenvalue weighted by molar-refractivity contribution is 0.0687. The first-order chi connectivity index (χ1) is 8.49. The smallest absolute Gasteiger partial charge is 0.253 e. The van der Waals surface area contributed by atoms with E-state index in [1.165, 1.54) is 0 Å². The van der Waals surface area contributed by atoms with Gasteiger partial charge in [0.25, 0.3) is 5.91 Å². The number of carbonyl (C=O) groups is 1. The highest BCUT2D eigenvalue weighted by Gasteiger charge is 2.27. The molecule has 0 aromatic heterocycles. The molecule has 0 aliphatic carbocycles. The van der Waals surface area contributed by atoms with Crippen molar-refractivity contribution < 1.29 is 4.79 Å². The van der Waals surface area contributed by atoms with Crippen molar-refractivity contribution in [2.45, 2.75) is 25.6 Å². The first-order valence-electron chi connectivity index (χ1n) is 6.18. The van der Waals surface area contributed by atoms with Crippen molar-refractivity contribution in [3.8, 4) is 0 Å². The van der Waals surface area contributed by atoms with Crippen molar-refractivity contribution in [1.82, 2.24) is 4.90 Å². The number of hydrogen-bond donors (Lipinski definition) is 0. The fourth-order valence-corrected chi connectivity index (χ4v) is 2.56. The van der Waals surface area contributed by atoms with Crippen molar-refractivity contribution in [3.63, 3.8) is 0 Å². The molecule has 2 atom stereocenters. The van der Waals surface area contributed by atoms with Gasteiger partial charge in [0, 0.05) is 29.1 Å². The second-order valence-electron chi connectivity index (χ2n) is 5.00. The van der Waals surface area contributed by atoms with E-state index in [1.807, 2.05) is 17.9 Å². The Morgan fingerprint density at radius 2 is 2.17 bits per heavy atom. The van der Waals surface area contributed by atoms with Gasteiger partial charge in [-0.2, -0.15) is 0 Å². The highest BCUT2D eigenvalue weighted by molar-refractivity contribution is 6.31. The summed E-state index contributed by atoms with van der Waals surface area (Å²) >= 11 is 12.1. The van der Waals surface area contributed by atoms with Crippen LogP contribution >= 0.6 is 23.2 Å². The van der Waals surface area contributed by atoms with Crippen LogP contribution in [-0.4, -0.2) is 29.3 Å². The molecule has 0 saturated carbocycles. The molecule has 0 radical (unpaired) electrons. The minimum Gasteiger partial charge on any atom is -0.338 e. The third-order valence-corrected chi connectivity index (χ3v) is 4.57. The summed E-state index contributed by atoms with van der Waals surface area (Å²) in [7, 11) is 0. The number of likely N-dealkylation sites (tertiary alicyclic amines) is 1. The molecule has 1 aromatic carbocycles. The monoisotopic (exact) mass is 285 g/mol. The van der Waals surface area contributed by atoms with Gasteiger partial charge in [-0.05, 0) is 43.0 Å². The number of carbonyl (C=O) groups excluding carboxylic acids is 1. The summed E-state index contributed by atoms with van der Waals surface area (Å²) < 4.78 is 0. The molecule has 0 spiro atoms. The predicted molar refractivity (Wildman–Crippen MR) is 75.5 cm³/mol. The number of benzene rings is 1. The molecule has 1 fully saturated rings. The molecule has 1 aliphatic heterocycles. The van der Waals surface area contributed by atoms with Gasteiger partial charge in [-0.25, -0.2) is 0 Å². The number of alkyl halides is 1. The maximum Gasteiger partial charge on any atom is 0.253 e. The highest BCUT2D eigenvalue weighted by atomic mass is 35.5. The summed E-state index contributed by atoms with van der Waals surface area (Å²) in [4.78, 5) is 14.2. The van der Waals surface area contributed by atoms with Crippen molar-refractivity contribution in [2.75, 3.05) is 13.1 Å². The standard InChI is InChI=1S/C14H17Cl2NO/c1-9-7-11(3-4-12(9)15)14(18)17-6-5-13(16)10(2)8-17/h3-4,7,10,13H,5-6,8H2,1-2H3. The summed E-state index contributed by atoms with van der Waals surface area (Å²) in [5, 5.41) is 0.875. The van der Waals surface area contributed by atoms with Crippen molar-refractivity contribution >= 4 is 29.1 Å². The third kappa shape index (κ3) is 2.81. The van der Waals surface area contributed by atoms with Gasteiger partial charge in [0.15, 0.2) is 0 Å². The second-order valence-corrected chi connectivity index (χ2v) is 5.96. The summed E-state index contributed by atoms with van der Waals surface area (Å²) in [6.07, 6.45) is 0.862. The Kier molecular flexibility index (Phi) is 4.18. The maximum absolute atomic E-state index is 12.4. The van der Waals surface area contributed by atoms with Gasteiger partial charge in [0.2, 0.25) is 0 Å². The van der Waals surface area contributed by atoms with Gasteiger partial charge in [-0.15, -0.1) is 11.6 Å². The molecule has 1 aliphatic rings. The Morgan fingerprint density at radius 3 is 2.78 bits per heavy atom. The van der Waals surface area contributed by atoms with Crippen LogP contribution in [0.5, 0.6) is 0 Å². The molecule has 0 N–H and O–H groups in total. The van der Waals surface area contributed by atoms with Gasteiger partial charge < -0.3 is 4.90 Å². The molecular formula is C14H17Cl2NO. The van der Waals surface area contributed by atoms with Crippen LogP contribution in [0.2, 0.25) is 5.02 Å². The van der Waals surface area contributed by atoms with Crippen molar-refractivity contribution in [1.29, 1.82) is 0 Å². The normalized spacial score (nSPS) is 24.1. The Morgan fingerprint density at radius 1 is 1.44 bits per heavy atom. The molecule has 1 heterocycles. The zero-order valence-electron chi connectivity index (χ0n) is 10.6. The van der Waals surface area contributed by atoms with E-state index < -0.39 is 0 Å². The number of nitrogens with zero attached hydrogens (tertiary/aromatic N) is 1. The number of piperidine rings is 1. The molecule has 1 aromatic rings. The van der Waals surface area contributed by atoms with Gasteiger partial charge >= 0.3 is 0 Å². The quantitative estimate of drug-likeness (QED) is 0.720.